The number of nitrogens with zero attached hydrogens (tertiary/aromatic N) is 5. The van der Waals surface area contributed by atoms with E-state index in [1.54, 1.807) is 48.3 Å². The summed E-state index contributed by atoms with van der Waals surface area (Å²) in [5.74, 6) is 1.73. The predicted octanol–water partition coefficient (Wildman–Crippen LogP) is 1.23. The maximum atomic E-state index is 12.4. The quantitative estimate of drug-likeness (QED) is 0.588. The van der Waals surface area contributed by atoms with Crippen LogP contribution in [0, 0.1) is 18.3 Å². The van der Waals surface area contributed by atoms with Gasteiger partial charge >= 0.3 is 0 Å². The van der Waals surface area contributed by atoms with Gasteiger partial charge in [0.1, 0.15) is 17.7 Å². The smallest absolute Gasteiger partial charge is 0.241 e. The zero-order chi connectivity index (χ0) is 19.3. The molecule has 2 aromatic heterocycles. The number of anilines is 1. The number of rotatable bonds is 7. The van der Waals surface area contributed by atoms with E-state index >= 15 is 0 Å². The predicted molar refractivity (Wildman–Crippen MR) is 98.7 cm³/mol. The second-order valence-corrected chi connectivity index (χ2v) is 7.28. The molecule has 0 spiro atoms. The van der Waals surface area contributed by atoms with Gasteiger partial charge in [0.2, 0.25) is 10.0 Å². The summed E-state index contributed by atoms with van der Waals surface area (Å²) in [7, 11) is -3.77. The van der Waals surface area contributed by atoms with E-state index in [4.69, 9.17) is 5.26 Å². The fourth-order valence-electron chi connectivity index (χ4n) is 2.41. The number of aromatic nitrogens is 4. The molecule has 0 atom stereocenters. The van der Waals surface area contributed by atoms with Gasteiger partial charge in [-0.05, 0) is 25.1 Å². The summed E-state index contributed by atoms with van der Waals surface area (Å²) in [6.45, 7) is 2.20. The molecule has 0 radical (unpaired) electrons. The van der Waals surface area contributed by atoms with Crippen LogP contribution >= 0.6 is 0 Å². The van der Waals surface area contributed by atoms with Crippen molar-refractivity contribution in [2.45, 2.75) is 11.8 Å². The van der Waals surface area contributed by atoms with Gasteiger partial charge in [0.25, 0.3) is 0 Å². The number of hydrogen-bond acceptors (Lipinski definition) is 7. The highest BCUT2D eigenvalue weighted by atomic mass is 32.2. The Bertz CT molecular complexity index is 1070. The summed E-state index contributed by atoms with van der Waals surface area (Å²) in [4.78, 5) is 8.55. The molecule has 0 aliphatic carbocycles. The Morgan fingerprint density at radius 1 is 1.19 bits per heavy atom. The van der Waals surface area contributed by atoms with Crippen molar-refractivity contribution in [2.24, 2.45) is 0 Å². The zero-order valence-electron chi connectivity index (χ0n) is 14.5. The number of nitrogens with one attached hydrogen (secondary N) is 2. The minimum absolute atomic E-state index is 0.0358. The standard InChI is InChI=1S/C17H17N7O2S/c1-13-22-16(11-17(23-13)24-10-4-7-20-24)19-8-9-21-27(25,26)15-6-3-2-5-14(15)12-18/h2-7,10-11,21H,8-9H2,1H3,(H,19,22,23). The molecule has 10 heteroatoms. The van der Waals surface area contributed by atoms with Gasteiger partial charge in [-0.3, -0.25) is 0 Å². The average molecular weight is 383 g/mol. The normalized spacial score (nSPS) is 11.1. The third-order valence-electron chi connectivity index (χ3n) is 3.58. The third kappa shape index (κ3) is 4.46. The van der Waals surface area contributed by atoms with Crippen molar-refractivity contribution in [1.82, 2.24) is 24.5 Å². The van der Waals surface area contributed by atoms with Crippen LogP contribution in [0.2, 0.25) is 0 Å². The monoisotopic (exact) mass is 383 g/mol. The van der Waals surface area contributed by atoms with Crippen LogP contribution in [-0.4, -0.2) is 41.3 Å². The lowest BCUT2D eigenvalue weighted by molar-refractivity contribution is 0.582. The molecule has 0 saturated carbocycles. The Balaban J connectivity index is 1.63. The van der Waals surface area contributed by atoms with Gasteiger partial charge in [-0.1, -0.05) is 12.1 Å². The molecule has 3 rings (SSSR count). The molecule has 9 nitrogen and oxygen atoms in total. The molecule has 0 aliphatic heterocycles. The van der Waals surface area contributed by atoms with Gasteiger partial charge in [0.15, 0.2) is 5.82 Å². The van der Waals surface area contributed by atoms with E-state index in [2.05, 4.69) is 25.1 Å². The molecular formula is C17H17N7O2S. The second kappa shape index (κ2) is 7.94. The van der Waals surface area contributed by atoms with Crippen molar-refractivity contribution in [2.75, 3.05) is 18.4 Å². The summed E-state index contributed by atoms with van der Waals surface area (Å²) in [5.41, 5.74) is 0.105. The van der Waals surface area contributed by atoms with E-state index < -0.39 is 10.0 Å². The average Bonchev–Trinajstić information content (AvgIpc) is 3.20. The number of sulfonamides is 1. The first-order chi connectivity index (χ1) is 13.0. The lowest BCUT2D eigenvalue weighted by Gasteiger charge is -2.10. The molecule has 2 heterocycles. The van der Waals surface area contributed by atoms with Crippen molar-refractivity contribution in [1.29, 1.82) is 5.26 Å². The Morgan fingerprint density at radius 3 is 2.74 bits per heavy atom. The lowest BCUT2D eigenvalue weighted by Crippen LogP contribution is -2.29. The van der Waals surface area contributed by atoms with Crippen LogP contribution in [0.15, 0.2) is 53.7 Å². The fraction of sp³-hybridized carbons (Fsp3) is 0.176. The molecule has 0 aliphatic rings. The molecule has 0 unspecified atom stereocenters. The fourth-order valence-corrected chi connectivity index (χ4v) is 3.60. The van der Waals surface area contributed by atoms with E-state index in [9.17, 15) is 8.42 Å². The minimum atomic E-state index is -3.77. The number of nitriles is 1. The van der Waals surface area contributed by atoms with E-state index in [-0.39, 0.29) is 17.0 Å². The molecule has 3 aromatic rings. The molecule has 2 N–H and O–H groups in total. The summed E-state index contributed by atoms with van der Waals surface area (Å²) in [6, 6.07) is 11.5. The lowest BCUT2D eigenvalue weighted by atomic mass is 10.2. The Kier molecular flexibility index (Phi) is 5.44. The van der Waals surface area contributed by atoms with Gasteiger partial charge in [-0.25, -0.2) is 27.8 Å². The third-order valence-corrected chi connectivity index (χ3v) is 5.10. The number of benzene rings is 1. The summed E-state index contributed by atoms with van der Waals surface area (Å²) in [6.07, 6.45) is 3.42. The van der Waals surface area contributed by atoms with E-state index in [0.29, 0.717) is 24.0 Å². The van der Waals surface area contributed by atoms with E-state index in [1.807, 2.05) is 6.07 Å². The summed E-state index contributed by atoms with van der Waals surface area (Å²) < 4.78 is 28.8. The van der Waals surface area contributed by atoms with E-state index in [0.717, 1.165) is 0 Å². The second-order valence-electron chi connectivity index (χ2n) is 5.54. The first-order valence-corrected chi connectivity index (χ1v) is 9.56. The molecule has 1 aromatic carbocycles. The van der Waals surface area contributed by atoms with Crippen molar-refractivity contribution in [3.8, 4) is 11.9 Å². The van der Waals surface area contributed by atoms with Crippen molar-refractivity contribution >= 4 is 15.8 Å². The molecule has 0 bridgehead atoms. The van der Waals surface area contributed by atoms with Crippen LogP contribution in [-0.2, 0) is 10.0 Å². The summed E-state index contributed by atoms with van der Waals surface area (Å²) in [5, 5.41) is 16.2. The Morgan fingerprint density at radius 2 is 2.00 bits per heavy atom. The maximum Gasteiger partial charge on any atom is 0.241 e. The van der Waals surface area contributed by atoms with Gasteiger partial charge in [0, 0.05) is 31.5 Å². The van der Waals surface area contributed by atoms with Crippen LogP contribution in [0.5, 0.6) is 0 Å². The van der Waals surface area contributed by atoms with Gasteiger partial charge < -0.3 is 5.32 Å². The van der Waals surface area contributed by atoms with Crippen LogP contribution in [0.3, 0.4) is 0 Å². The molecule has 27 heavy (non-hydrogen) atoms. The largest absolute Gasteiger partial charge is 0.369 e. The van der Waals surface area contributed by atoms with Gasteiger partial charge in [-0.2, -0.15) is 10.4 Å². The molecule has 0 saturated heterocycles. The van der Waals surface area contributed by atoms with Gasteiger partial charge in [-0.15, -0.1) is 0 Å². The van der Waals surface area contributed by atoms with Crippen LogP contribution in [0.25, 0.3) is 5.82 Å². The maximum absolute atomic E-state index is 12.4. The molecule has 138 valence electrons. The first kappa shape index (κ1) is 18.5. The van der Waals surface area contributed by atoms with Crippen molar-refractivity contribution < 1.29 is 8.42 Å². The topological polar surface area (TPSA) is 126 Å². The Hall–Kier alpha value is -3.29. The molecular weight excluding hydrogens is 366 g/mol. The highest BCUT2D eigenvalue weighted by Crippen LogP contribution is 2.14. The first-order valence-electron chi connectivity index (χ1n) is 8.08. The SMILES string of the molecule is Cc1nc(NCCNS(=O)(=O)c2ccccc2C#N)cc(-n2cccn2)n1. The van der Waals surface area contributed by atoms with Gasteiger partial charge in [0.05, 0.1) is 10.5 Å². The number of aryl methyl sites for hydroxylation is 1. The number of hydrogen-bond donors (Lipinski definition) is 2. The van der Waals surface area contributed by atoms with Crippen LogP contribution in [0.1, 0.15) is 11.4 Å². The zero-order valence-corrected chi connectivity index (χ0v) is 15.3. The highest BCUT2D eigenvalue weighted by molar-refractivity contribution is 7.89. The Labute approximate surface area is 156 Å². The van der Waals surface area contributed by atoms with Crippen LogP contribution < -0.4 is 10.0 Å². The highest BCUT2D eigenvalue weighted by Gasteiger charge is 2.17. The van der Waals surface area contributed by atoms with Crippen molar-refractivity contribution in [3.05, 3.63) is 60.2 Å². The van der Waals surface area contributed by atoms with Crippen molar-refractivity contribution in [3.63, 3.8) is 0 Å². The van der Waals surface area contributed by atoms with Crippen LogP contribution in [0.4, 0.5) is 5.82 Å². The molecule has 0 amide bonds. The summed E-state index contributed by atoms with van der Waals surface area (Å²) >= 11 is 0. The molecule has 0 fully saturated rings. The van der Waals surface area contributed by atoms with E-state index in [1.165, 1.54) is 12.1 Å². The minimum Gasteiger partial charge on any atom is -0.369 e.